The minimum absolute atomic E-state index is 0.119. The van der Waals surface area contributed by atoms with Crippen molar-refractivity contribution < 1.29 is 22.5 Å². The Morgan fingerprint density at radius 3 is 2.76 bits per heavy atom. The Hall–Kier alpha value is -3.50. The zero-order valence-electron chi connectivity index (χ0n) is 15.1. The molecular weight excluding hydrogens is 389 g/mol. The molecule has 1 atom stereocenters. The molecule has 3 aromatic heterocycles. The molecule has 150 valence electrons. The Bertz CT molecular complexity index is 1040. The van der Waals surface area contributed by atoms with Crippen molar-refractivity contribution in [3.8, 4) is 11.6 Å². The minimum atomic E-state index is -3.09. The zero-order chi connectivity index (χ0) is 20.5. The quantitative estimate of drug-likeness (QED) is 0.717. The monoisotopic (exact) mass is 404 g/mol. The summed E-state index contributed by atoms with van der Waals surface area (Å²) in [6.45, 7) is 1.91. The molecular formula is C18H15F3N6O2. The molecule has 0 bridgehead atoms. The van der Waals surface area contributed by atoms with E-state index in [4.69, 9.17) is 4.52 Å². The van der Waals surface area contributed by atoms with Gasteiger partial charge in [0, 0.05) is 36.6 Å². The first-order valence-electron chi connectivity index (χ1n) is 8.70. The van der Waals surface area contributed by atoms with Crippen LogP contribution >= 0.6 is 0 Å². The third kappa shape index (κ3) is 3.50. The van der Waals surface area contributed by atoms with Gasteiger partial charge in [0.15, 0.2) is 11.6 Å². The van der Waals surface area contributed by atoms with Gasteiger partial charge in [0.1, 0.15) is 5.69 Å². The molecule has 1 unspecified atom stereocenters. The highest BCUT2D eigenvalue weighted by atomic mass is 19.3. The number of anilines is 1. The number of hydrogen-bond acceptors (Lipinski definition) is 6. The molecule has 29 heavy (non-hydrogen) atoms. The summed E-state index contributed by atoms with van der Waals surface area (Å²) < 4.78 is 45.3. The summed E-state index contributed by atoms with van der Waals surface area (Å²) in [5, 5.41) is 6.39. The number of nitrogens with zero attached hydrogens (tertiary/aromatic N) is 5. The van der Waals surface area contributed by atoms with Gasteiger partial charge >= 0.3 is 6.03 Å². The van der Waals surface area contributed by atoms with E-state index in [0.717, 1.165) is 12.3 Å². The van der Waals surface area contributed by atoms with Gasteiger partial charge < -0.3 is 14.7 Å². The standard InChI is InChI=1S/C18H15F3N6O2/c1-9-7-12-10(15(29-26-12)17-23-4-2-5-24-17)8-27(9)18(28)25-11-3-6-22-14(13(11)19)16(20)21/h2-6,9,16H,7-8H2,1H3,(H,22,25,28). The second-order valence-corrected chi connectivity index (χ2v) is 6.48. The first-order chi connectivity index (χ1) is 14.0. The van der Waals surface area contributed by atoms with Crippen LogP contribution in [0.25, 0.3) is 11.6 Å². The lowest BCUT2D eigenvalue weighted by molar-refractivity contribution is 0.140. The first kappa shape index (κ1) is 18.8. The van der Waals surface area contributed by atoms with E-state index in [-0.39, 0.29) is 18.3 Å². The van der Waals surface area contributed by atoms with Crippen LogP contribution in [0.3, 0.4) is 0 Å². The molecule has 0 saturated heterocycles. The number of urea groups is 1. The lowest BCUT2D eigenvalue weighted by atomic mass is 10.00. The summed E-state index contributed by atoms with van der Waals surface area (Å²) in [5.74, 6) is -0.581. The third-order valence-electron chi connectivity index (χ3n) is 4.61. The summed E-state index contributed by atoms with van der Waals surface area (Å²) in [6, 6.07) is 1.86. The van der Waals surface area contributed by atoms with Gasteiger partial charge in [-0.1, -0.05) is 5.16 Å². The molecule has 0 saturated carbocycles. The number of pyridine rings is 1. The fourth-order valence-corrected chi connectivity index (χ4v) is 3.14. The van der Waals surface area contributed by atoms with Crippen LogP contribution < -0.4 is 5.32 Å². The summed E-state index contributed by atoms with van der Waals surface area (Å²) >= 11 is 0. The Balaban J connectivity index is 1.59. The Morgan fingerprint density at radius 1 is 1.28 bits per heavy atom. The summed E-state index contributed by atoms with van der Waals surface area (Å²) in [7, 11) is 0. The van der Waals surface area contributed by atoms with Gasteiger partial charge in [-0.25, -0.2) is 27.9 Å². The van der Waals surface area contributed by atoms with E-state index in [1.165, 1.54) is 4.90 Å². The predicted octanol–water partition coefficient (Wildman–Crippen LogP) is 3.58. The molecule has 4 heterocycles. The van der Waals surface area contributed by atoms with Gasteiger partial charge in [-0.15, -0.1) is 0 Å². The van der Waals surface area contributed by atoms with Gasteiger partial charge in [0.25, 0.3) is 6.43 Å². The van der Waals surface area contributed by atoms with Gasteiger partial charge in [-0.3, -0.25) is 4.98 Å². The highest BCUT2D eigenvalue weighted by molar-refractivity contribution is 5.90. The van der Waals surface area contributed by atoms with Crippen LogP contribution in [-0.4, -0.2) is 37.1 Å². The number of amides is 2. The molecule has 0 fully saturated rings. The second-order valence-electron chi connectivity index (χ2n) is 6.48. The van der Waals surface area contributed by atoms with E-state index in [0.29, 0.717) is 29.3 Å². The van der Waals surface area contributed by atoms with Crippen molar-refractivity contribution in [3.63, 3.8) is 0 Å². The van der Waals surface area contributed by atoms with Gasteiger partial charge in [-0.05, 0) is 19.1 Å². The van der Waals surface area contributed by atoms with E-state index < -0.39 is 24.0 Å². The number of carbonyl (C=O) groups is 1. The maximum Gasteiger partial charge on any atom is 0.322 e. The molecule has 1 aliphatic rings. The molecule has 8 nitrogen and oxygen atoms in total. The molecule has 4 rings (SSSR count). The van der Waals surface area contributed by atoms with Crippen LogP contribution in [0.15, 0.2) is 35.2 Å². The fourth-order valence-electron chi connectivity index (χ4n) is 3.14. The molecule has 1 aliphatic heterocycles. The maximum atomic E-state index is 14.2. The largest absolute Gasteiger partial charge is 0.352 e. The predicted molar refractivity (Wildman–Crippen MR) is 94.4 cm³/mol. The molecule has 2 amide bonds. The van der Waals surface area contributed by atoms with Gasteiger partial charge in [0.2, 0.25) is 5.76 Å². The number of carbonyl (C=O) groups excluding carboxylic acids is 1. The van der Waals surface area contributed by atoms with Crippen LogP contribution in [0.1, 0.15) is 30.3 Å². The van der Waals surface area contributed by atoms with E-state index in [9.17, 15) is 18.0 Å². The Morgan fingerprint density at radius 2 is 2.03 bits per heavy atom. The highest BCUT2D eigenvalue weighted by Gasteiger charge is 2.33. The molecule has 0 aromatic carbocycles. The van der Waals surface area contributed by atoms with Crippen molar-refractivity contribution in [2.75, 3.05) is 5.32 Å². The van der Waals surface area contributed by atoms with Crippen LogP contribution in [0.4, 0.5) is 23.7 Å². The number of hydrogen-bond donors (Lipinski definition) is 1. The molecule has 11 heteroatoms. The summed E-state index contributed by atoms with van der Waals surface area (Å²) in [5.41, 5.74) is -0.0541. The normalized spacial score (nSPS) is 16.0. The first-order valence-corrected chi connectivity index (χ1v) is 8.70. The van der Waals surface area contributed by atoms with Crippen LogP contribution in [0, 0.1) is 5.82 Å². The topological polar surface area (TPSA) is 97.0 Å². The lowest BCUT2D eigenvalue weighted by Crippen LogP contribution is -2.45. The Kier molecular flexibility index (Phi) is 4.87. The molecule has 0 aliphatic carbocycles. The zero-order valence-corrected chi connectivity index (χ0v) is 15.1. The SMILES string of the molecule is CC1Cc2noc(-c3ncccn3)c2CN1C(=O)Nc1ccnc(C(F)F)c1F. The van der Waals surface area contributed by atoms with Gasteiger partial charge in [0.05, 0.1) is 17.9 Å². The average Bonchev–Trinajstić information content (AvgIpc) is 3.12. The van der Waals surface area contributed by atoms with E-state index >= 15 is 0 Å². The van der Waals surface area contributed by atoms with Crippen molar-refractivity contribution in [1.82, 2.24) is 25.0 Å². The van der Waals surface area contributed by atoms with Crippen molar-refractivity contribution >= 4 is 11.7 Å². The number of nitrogens with one attached hydrogen (secondary N) is 1. The van der Waals surface area contributed by atoms with Crippen LogP contribution in [0.2, 0.25) is 0 Å². The van der Waals surface area contributed by atoms with Crippen molar-refractivity contribution in [1.29, 1.82) is 0 Å². The minimum Gasteiger partial charge on any atom is -0.352 e. The number of rotatable bonds is 3. The Labute approximate surface area is 162 Å². The maximum absolute atomic E-state index is 14.2. The number of alkyl halides is 2. The smallest absolute Gasteiger partial charge is 0.322 e. The van der Waals surface area contributed by atoms with Crippen molar-refractivity contribution in [2.24, 2.45) is 0 Å². The van der Waals surface area contributed by atoms with Crippen molar-refractivity contribution in [2.45, 2.75) is 32.4 Å². The van der Waals surface area contributed by atoms with Crippen LogP contribution in [0.5, 0.6) is 0 Å². The lowest BCUT2D eigenvalue weighted by Gasteiger charge is -2.32. The van der Waals surface area contributed by atoms with E-state index in [2.05, 4.69) is 25.4 Å². The highest BCUT2D eigenvalue weighted by Crippen LogP contribution is 2.31. The van der Waals surface area contributed by atoms with Crippen LogP contribution in [-0.2, 0) is 13.0 Å². The van der Waals surface area contributed by atoms with E-state index in [1.54, 1.807) is 25.4 Å². The summed E-state index contributed by atoms with van der Waals surface area (Å²) in [4.78, 5) is 25.8. The molecule has 0 radical (unpaired) electrons. The van der Waals surface area contributed by atoms with Crippen molar-refractivity contribution in [3.05, 3.63) is 53.5 Å². The van der Waals surface area contributed by atoms with Gasteiger partial charge in [-0.2, -0.15) is 0 Å². The number of aromatic nitrogens is 4. The molecule has 3 aromatic rings. The average molecular weight is 404 g/mol. The second kappa shape index (κ2) is 7.49. The number of fused-ring (bicyclic) bond motifs is 1. The third-order valence-corrected chi connectivity index (χ3v) is 4.61. The molecule has 1 N–H and O–H groups in total. The summed E-state index contributed by atoms with van der Waals surface area (Å²) in [6.07, 6.45) is 1.44. The fraction of sp³-hybridized carbons (Fsp3) is 0.278. The number of halogens is 3. The van der Waals surface area contributed by atoms with E-state index in [1.807, 2.05) is 0 Å². The molecule has 0 spiro atoms.